The molecule has 3 atom stereocenters. The van der Waals surface area contributed by atoms with Crippen molar-refractivity contribution in [2.24, 2.45) is 0 Å². The molecule has 0 aromatic heterocycles. The van der Waals surface area contributed by atoms with Crippen molar-refractivity contribution < 1.29 is 4.74 Å². The molecule has 90 valence electrons. The molecule has 3 nitrogen and oxygen atoms in total. The van der Waals surface area contributed by atoms with Crippen LogP contribution in [-0.4, -0.2) is 49.3 Å². The van der Waals surface area contributed by atoms with Crippen molar-refractivity contribution in [3.8, 4) is 0 Å². The van der Waals surface area contributed by atoms with Crippen molar-refractivity contribution in [1.29, 1.82) is 0 Å². The van der Waals surface area contributed by atoms with E-state index in [9.17, 15) is 0 Å². The van der Waals surface area contributed by atoms with Gasteiger partial charge >= 0.3 is 0 Å². The van der Waals surface area contributed by atoms with Crippen molar-refractivity contribution >= 4 is 0 Å². The largest absolute Gasteiger partial charge is 0.373 e. The van der Waals surface area contributed by atoms with E-state index in [1.165, 1.54) is 19.5 Å². The number of morpholine rings is 1. The van der Waals surface area contributed by atoms with Gasteiger partial charge in [-0.05, 0) is 26.8 Å². The minimum absolute atomic E-state index is 0.407. The van der Waals surface area contributed by atoms with Crippen LogP contribution in [0.3, 0.4) is 0 Å². The van der Waals surface area contributed by atoms with Crippen molar-refractivity contribution in [2.45, 2.75) is 52.4 Å². The average molecular weight is 214 g/mol. The second-order valence-electron chi connectivity index (χ2n) is 4.36. The summed E-state index contributed by atoms with van der Waals surface area (Å²) < 4.78 is 5.71. The Labute approximate surface area is 94.2 Å². The van der Waals surface area contributed by atoms with Gasteiger partial charge in [-0.25, -0.2) is 0 Å². The van der Waals surface area contributed by atoms with Gasteiger partial charge in [0.1, 0.15) is 0 Å². The molecule has 2 aliphatic heterocycles. The first kappa shape index (κ1) is 12.9. The van der Waals surface area contributed by atoms with Gasteiger partial charge in [0.2, 0.25) is 0 Å². The van der Waals surface area contributed by atoms with Gasteiger partial charge in [0.05, 0.1) is 12.2 Å². The molecule has 2 rings (SSSR count). The zero-order valence-corrected chi connectivity index (χ0v) is 10.6. The number of ether oxygens (including phenoxy) is 1. The van der Waals surface area contributed by atoms with Crippen LogP contribution in [0.25, 0.3) is 0 Å². The van der Waals surface area contributed by atoms with E-state index in [4.69, 9.17) is 4.74 Å². The number of rotatable bonds is 1. The molecule has 2 saturated heterocycles. The van der Waals surface area contributed by atoms with Crippen LogP contribution >= 0.6 is 0 Å². The third kappa shape index (κ3) is 3.74. The Morgan fingerprint density at radius 1 is 1.13 bits per heavy atom. The summed E-state index contributed by atoms with van der Waals surface area (Å²) in [6.45, 7) is 12.9. The van der Waals surface area contributed by atoms with E-state index >= 15 is 0 Å². The Hall–Kier alpha value is -0.120. The van der Waals surface area contributed by atoms with Gasteiger partial charge in [-0.2, -0.15) is 0 Å². The lowest BCUT2D eigenvalue weighted by molar-refractivity contribution is -0.0781. The van der Waals surface area contributed by atoms with Crippen LogP contribution in [0.15, 0.2) is 0 Å². The van der Waals surface area contributed by atoms with E-state index < -0.39 is 0 Å². The van der Waals surface area contributed by atoms with Crippen molar-refractivity contribution in [2.75, 3.05) is 26.2 Å². The number of hydrogen-bond acceptors (Lipinski definition) is 3. The van der Waals surface area contributed by atoms with E-state index in [0.717, 1.165) is 19.1 Å². The second kappa shape index (κ2) is 6.46. The Bertz CT molecular complexity index is 159. The molecular weight excluding hydrogens is 188 g/mol. The quantitative estimate of drug-likeness (QED) is 0.715. The maximum absolute atomic E-state index is 5.71. The van der Waals surface area contributed by atoms with Gasteiger partial charge in [-0.15, -0.1) is 0 Å². The molecule has 0 amide bonds. The van der Waals surface area contributed by atoms with Crippen molar-refractivity contribution in [1.82, 2.24) is 10.2 Å². The monoisotopic (exact) mass is 214 g/mol. The molecule has 0 aromatic carbocycles. The van der Waals surface area contributed by atoms with Crippen LogP contribution in [-0.2, 0) is 4.74 Å². The maximum atomic E-state index is 5.71. The van der Waals surface area contributed by atoms with Gasteiger partial charge in [-0.3, -0.25) is 4.90 Å². The van der Waals surface area contributed by atoms with Crippen molar-refractivity contribution in [3.63, 3.8) is 0 Å². The van der Waals surface area contributed by atoms with Crippen LogP contribution < -0.4 is 5.32 Å². The van der Waals surface area contributed by atoms with E-state index in [2.05, 4.69) is 24.1 Å². The Balaban J connectivity index is 0.000000531. The third-order valence-electron chi connectivity index (χ3n) is 3.00. The summed E-state index contributed by atoms with van der Waals surface area (Å²) in [5.74, 6) is 0. The molecule has 0 bridgehead atoms. The summed E-state index contributed by atoms with van der Waals surface area (Å²) in [6.07, 6.45) is 2.12. The molecule has 0 aromatic rings. The van der Waals surface area contributed by atoms with E-state index in [1.807, 2.05) is 13.8 Å². The molecule has 2 fully saturated rings. The van der Waals surface area contributed by atoms with Crippen LogP contribution in [0, 0.1) is 0 Å². The Kier molecular flexibility index (Phi) is 5.58. The zero-order valence-electron chi connectivity index (χ0n) is 10.6. The highest BCUT2D eigenvalue weighted by atomic mass is 16.5. The number of nitrogens with zero attached hydrogens (tertiary/aromatic N) is 1. The number of hydrogen-bond donors (Lipinski definition) is 1. The minimum Gasteiger partial charge on any atom is -0.373 e. The van der Waals surface area contributed by atoms with Crippen LogP contribution in [0.5, 0.6) is 0 Å². The SMILES string of the molecule is CC.C[C@@H]1CN(C2CCNC2)C[C@H](C)O1. The summed E-state index contributed by atoms with van der Waals surface area (Å²) in [7, 11) is 0. The maximum Gasteiger partial charge on any atom is 0.0678 e. The molecule has 2 aliphatic rings. The smallest absolute Gasteiger partial charge is 0.0678 e. The molecule has 0 saturated carbocycles. The van der Waals surface area contributed by atoms with Crippen molar-refractivity contribution in [3.05, 3.63) is 0 Å². The molecule has 0 spiro atoms. The average Bonchev–Trinajstić information content (AvgIpc) is 2.72. The fourth-order valence-electron chi connectivity index (χ4n) is 2.47. The summed E-state index contributed by atoms with van der Waals surface area (Å²) >= 11 is 0. The molecule has 1 unspecified atom stereocenters. The lowest BCUT2D eigenvalue weighted by Gasteiger charge is -2.38. The topological polar surface area (TPSA) is 24.5 Å². The van der Waals surface area contributed by atoms with Gasteiger partial charge in [-0.1, -0.05) is 13.8 Å². The highest BCUT2D eigenvalue weighted by Gasteiger charge is 2.29. The molecule has 3 heteroatoms. The zero-order chi connectivity index (χ0) is 11.3. The standard InChI is InChI=1S/C10H20N2O.C2H6/c1-8-6-12(7-9(2)13-8)10-3-4-11-5-10;1-2/h8-11H,3-7H2,1-2H3;1-2H3/t8-,9+,10?;. The lowest BCUT2D eigenvalue weighted by atomic mass is 10.1. The molecule has 0 aliphatic carbocycles. The summed E-state index contributed by atoms with van der Waals surface area (Å²) in [4.78, 5) is 2.58. The Morgan fingerprint density at radius 2 is 1.73 bits per heavy atom. The first-order valence-electron chi connectivity index (χ1n) is 6.36. The third-order valence-corrected chi connectivity index (χ3v) is 3.00. The highest BCUT2D eigenvalue weighted by Crippen LogP contribution is 2.16. The molecule has 2 heterocycles. The first-order chi connectivity index (χ1) is 7.25. The molecular formula is C12H26N2O. The van der Waals surface area contributed by atoms with E-state index in [1.54, 1.807) is 0 Å². The summed E-state index contributed by atoms with van der Waals surface area (Å²) in [6, 6.07) is 0.758. The molecule has 1 N–H and O–H groups in total. The molecule has 0 radical (unpaired) electrons. The fourth-order valence-corrected chi connectivity index (χ4v) is 2.47. The highest BCUT2D eigenvalue weighted by molar-refractivity contribution is 4.85. The second-order valence-corrected chi connectivity index (χ2v) is 4.36. The fraction of sp³-hybridized carbons (Fsp3) is 1.00. The summed E-state index contributed by atoms with van der Waals surface area (Å²) in [5, 5.41) is 3.42. The van der Waals surface area contributed by atoms with Crippen LogP contribution in [0.1, 0.15) is 34.1 Å². The Morgan fingerprint density at radius 3 is 2.20 bits per heavy atom. The first-order valence-corrected chi connectivity index (χ1v) is 6.36. The van der Waals surface area contributed by atoms with Crippen LogP contribution in [0.2, 0.25) is 0 Å². The lowest BCUT2D eigenvalue weighted by Crippen LogP contribution is -2.50. The predicted octanol–water partition coefficient (Wildman–Crippen LogP) is 1.48. The van der Waals surface area contributed by atoms with Gasteiger partial charge in [0.15, 0.2) is 0 Å². The van der Waals surface area contributed by atoms with Gasteiger partial charge in [0, 0.05) is 25.7 Å². The van der Waals surface area contributed by atoms with E-state index in [-0.39, 0.29) is 0 Å². The number of nitrogens with one attached hydrogen (secondary N) is 1. The molecule has 15 heavy (non-hydrogen) atoms. The normalized spacial score (nSPS) is 37.2. The van der Waals surface area contributed by atoms with Crippen LogP contribution in [0.4, 0.5) is 0 Å². The van der Waals surface area contributed by atoms with Gasteiger partial charge in [0.25, 0.3) is 0 Å². The minimum atomic E-state index is 0.407. The van der Waals surface area contributed by atoms with Gasteiger partial charge < -0.3 is 10.1 Å². The summed E-state index contributed by atoms with van der Waals surface area (Å²) in [5.41, 5.74) is 0. The predicted molar refractivity (Wildman–Crippen MR) is 64.2 cm³/mol. The van der Waals surface area contributed by atoms with E-state index in [0.29, 0.717) is 12.2 Å².